The van der Waals surface area contributed by atoms with Crippen molar-refractivity contribution in [2.75, 3.05) is 18.0 Å². The molecule has 2 aliphatic heterocycles. The van der Waals surface area contributed by atoms with E-state index in [1.807, 2.05) is 12.4 Å². The van der Waals surface area contributed by atoms with Gasteiger partial charge in [0.05, 0.1) is 0 Å². The summed E-state index contributed by atoms with van der Waals surface area (Å²) in [5.74, 6) is 0.883. The maximum absolute atomic E-state index is 4.38. The Labute approximate surface area is 115 Å². The van der Waals surface area contributed by atoms with E-state index in [2.05, 4.69) is 42.8 Å². The minimum Gasteiger partial charge on any atom is -0.338 e. The van der Waals surface area contributed by atoms with Crippen LogP contribution in [-0.4, -0.2) is 35.1 Å². The molecule has 2 aliphatic rings. The second-order valence-corrected chi connectivity index (χ2v) is 5.49. The first kappa shape index (κ1) is 12.3. The van der Waals surface area contributed by atoms with Crippen LogP contribution in [0.3, 0.4) is 0 Å². The fraction of sp³-hybridized carbons (Fsp3) is 0.600. The molecule has 3 heterocycles. The fourth-order valence-corrected chi connectivity index (χ4v) is 2.71. The van der Waals surface area contributed by atoms with Gasteiger partial charge in [-0.3, -0.25) is 0 Å². The smallest absolute Gasteiger partial charge is 0.225 e. The molecule has 2 atom stereocenters. The van der Waals surface area contributed by atoms with Crippen LogP contribution in [0.15, 0.2) is 12.4 Å². The second kappa shape index (κ2) is 5.01. The fourth-order valence-electron chi connectivity index (χ4n) is 2.43. The molecule has 0 amide bonds. The van der Waals surface area contributed by atoms with Crippen molar-refractivity contribution in [3.8, 4) is 0 Å². The van der Waals surface area contributed by atoms with Gasteiger partial charge in [0.1, 0.15) is 0 Å². The van der Waals surface area contributed by atoms with E-state index in [1.165, 1.54) is 12.8 Å². The third kappa shape index (κ3) is 2.41. The lowest BCUT2D eigenvalue weighted by atomic mass is 10.2. The second-order valence-electron chi connectivity index (χ2n) is 4.24. The van der Waals surface area contributed by atoms with E-state index in [9.17, 15) is 0 Å². The first-order chi connectivity index (χ1) is 7.31. The van der Waals surface area contributed by atoms with Crippen LogP contribution in [0.2, 0.25) is 0 Å². The zero-order valence-corrected chi connectivity index (χ0v) is 11.7. The van der Waals surface area contributed by atoms with Gasteiger partial charge in [0.25, 0.3) is 0 Å². The van der Waals surface area contributed by atoms with E-state index in [1.54, 1.807) is 0 Å². The molecule has 1 N–H and O–H groups in total. The first-order valence-electron chi connectivity index (χ1n) is 5.30. The Kier molecular flexibility index (Phi) is 3.86. The van der Waals surface area contributed by atoms with Gasteiger partial charge in [-0.1, -0.05) is 0 Å². The van der Waals surface area contributed by atoms with Crippen molar-refractivity contribution in [1.29, 1.82) is 0 Å². The summed E-state index contributed by atoms with van der Waals surface area (Å²) in [5, 5.41) is 3.60. The highest BCUT2D eigenvalue weighted by Crippen LogP contribution is 2.22. The van der Waals surface area contributed by atoms with Crippen LogP contribution in [-0.2, 0) is 0 Å². The third-order valence-corrected chi connectivity index (χ3v) is 3.66. The van der Waals surface area contributed by atoms with Crippen molar-refractivity contribution in [3.63, 3.8) is 0 Å². The Morgan fingerprint density at radius 1 is 1.19 bits per heavy atom. The van der Waals surface area contributed by atoms with Crippen LogP contribution in [0.5, 0.6) is 0 Å². The number of anilines is 1. The van der Waals surface area contributed by atoms with Gasteiger partial charge in [0.15, 0.2) is 0 Å². The van der Waals surface area contributed by atoms with E-state index in [0.717, 1.165) is 22.6 Å². The Bertz CT molecular complexity index is 346. The lowest BCUT2D eigenvalue weighted by Crippen LogP contribution is -2.51. The van der Waals surface area contributed by atoms with Gasteiger partial charge < -0.3 is 10.2 Å². The minimum absolute atomic E-state index is 0. The van der Waals surface area contributed by atoms with Crippen LogP contribution >= 0.6 is 35.0 Å². The van der Waals surface area contributed by atoms with Crippen LogP contribution < -0.4 is 10.2 Å². The summed E-state index contributed by atoms with van der Waals surface area (Å²) < 4.78 is 1.09. The van der Waals surface area contributed by atoms with Gasteiger partial charge in [-0.2, -0.15) is 0 Å². The summed E-state index contributed by atoms with van der Waals surface area (Å²) in [7, 11) is 0. The van der Waals surface area contributed by atoms with Gasteiger partial charge in [-0.05, 0) is 35.4 Å². The summed E-state index contributed by atoms with van der Waals surface area (Å²) in [6.07, 6.45) is 6.36. The maximum atomic E-state index is 4.38. The van der Waals surface area contributed by atoms with E-state index in [4.69, 9.17) is 0 Å². The van der Waals surface area contributed by atoms with Gasteiger partial charge in [0.2, 0.25) is 5.95 Å². The molecule has 1 aromatic rings. The van der Waals surface area contributed by atoms with Crippen molar-refractivity contribution in [1.82, 2.24) is 15.3 Å². The van der Waals surface area contributed by atoms with E-state index in [0.29, 0.717) is 12.1 Å². The molecule has 0 saturated carbocycles. The van der Waals surface area contributed by atoms with Crippen molar-refractivity contribution >= 4 is 40.9 Å². The highest BCUT2D eigenvalue weighted by molar-refractivity contribution is 14.1. The normalized spacial score (nSPS) is 27.7. The standard InChI is InChI=1S/C10H13IN4.ClH/c11-7-3-12-10(13-4-7)15-5-8-1-2-9(6-15)14-8;/h3-4,8-9,14H,1-2,5-6H2;1H. The topological polar surface area (TPSA) is 41.1 Å². The number of hydrogen-bond acceptors (Lipinski definition) is 4. The molecule has 2 fully saturated rings. The number of nitrogens with zero attached hydrogens (tertiary/aromatic N) is 3. The van der Waals surface area contributed by atoms with Crippen molar-refractivity contribution in [3.05, 3.63) is 16.0 Å². The molecular formula is C10H14ClIN4. The molecule has 0 aliphatic carbocycles. The summed E-state index contributed by atoms with van der Waals surface area (Å²) >= 11 is 2.23. The molecule has 3 rings (SSSR count). The zero-order chi connectivity index (χ0) is 10.3. The quantitative estimate of drug-likeness (QED) is 0.777. The first-order valence-corrected chi connectivity index (χ1v) is 6.38. The molecule has 2 unspecified atom stereocenters. The molecular weight excluding hydrogens is 338 g/mol. The average molecular weight is 353 g/mol. The van der Waals surface area contributed by atoms with Crippen molar-refractivity contribution < 1.29 is 0 Å². The SMILES string of the molecule is Cl.Ic1cnc(N2CC3CCC(C2)N3)nc1. The Balaban J connectivity index is 0.000000963. The lowest BCUT2D eigenvalue weighted by Gasteiger charge is -2.32. The highest BCUT2D eigenvalue weighted by Gasteiger charge is 2.32. The predicted octanol–water partition coefficient (Wildman–Crippen LogP) is 1.44. The Morgan fingerprint density at radius 2 is 1.75 bits per heavy atom. The molecule has 2 saturated heterocycles. The summed E-state index contributed by atoms with van der Waals surface area (Å²) in [6, 6.07) is 1.29. The molecule has 88 valence electrons. The molecule has 2 bridgehead atoms. The lowest BCUT2D eigenvalue weighted by molar-refractivity contribution is 0.460. The number of hydrogen-bond donors (Lipinski definition) is 1. The molecule has 6 heteroatoms. The van der Waals surface area contributed by atoms with Crippen LogP contribution in [0, 0.1) is 3.57 Å². The maximum Gasteiger partial charge on any atom is 0.225 e. The van der Waals surface area contributed by atoms with E-state index >= 15 is 0 Å². The van der Waals surface area contributed by atoms with Gasteiger partial charge in [-0.25, -0.2) is 9.97 Å². The minimum atomic E-state index is 0. The monoisotopic (exact) mass is 352 g/mol. The Morgan fingerprint density at radius 3 is 2.31 bits per heavy atom. The molecule has 16 heavy (non-hydrogen) atoms. The molecule has 0 aromatic carbocycles. The van der Waals surface area contributed by atoms with Crippen molar-refractivity contribution in [2.24, 2.45) is 0 Å². The number of aromatic nitrogens is 2. The molecule has 0 spiro atoms. The zero-order valence-electron chi connectivity index (χ0n) is 8.77. The molecule has 4 nitrogen and oxygen atoms in total. The van der Waals surface area contributed by atoms with E-state index in [-0.39, 0.29) is 12.4 Å². The van der Waals surface area contributed by atoms with Gasteiger partial charge in [0, 0.05) is 41.1 Å². The number of nitrogens with one attached hydrogen (secondary N) is 1. The Hall–Kier alpha value is -0.140. The summed E-state index contributed by atoms with van der Waals surface area (Å²) in [5.41, 5.74) is 0. The number of fused-ring (bicyclic) bond motifs is 2. The van der Waals surface area contributed by atoms with Crippen LogP contribution in [0.4, 0.5) is 5.95 Å². The summed E-state index contributed by atoms with van der Waals surface area (Å²) in [6.45, 7) is 2.11. The van der Waals surface area contributed by atoms with Gasteiger partial charge >= 0.3 is 0 Å². The largest absolute Gasteiger partial charge is 0.338 e. The van der Waals surface area contributed by atoms with Crippen LogP contribution in [0.25, 0.3) is 0 Å². The molecule has 0 radical (unpaired) electrons. The number of piperazine rings is 1. The summed E-state index contributed by atoms with van der Waals surface area (Å²) in [4.78, 5) is 11.1. The van der Waals surface area contributed by atoms with Gasteiger partial charge in [-0.15, -0.1) is 12.4 Å². The highest BCUT2D eigenvalue weighted by atomic mass is 127. The number of rotatable bonds is 1. The van der Waals surface area contributed by atoms with Crippen molar-refractivity contribution in [2.45, 2.75) is 24.9 Å². The third-order valence-electron chi connectivity index (χ3n) is 3.11. The van der Waals surface area contributed by atoms with Crippen LogP contribution in [0.1, 0.15) is 12.8 Å². The number of halogens is 2. The van der Waals surface area contributed by atoms with E-state index < -0.39 is 0 Å². The predicted molar refractivity (Wildman–Crippen MR) is 74.2 cm³/mol. The molecule has 1 aromatic heterocycles. The average Bonchev–Trinajstić information content (AvgIpc) is 2.59.